The average molecular weight is 2040 g/mol. The van der Waals surface area contributed by atoms with Gasteiger partial charge < -0.3 is 29.6 Å². The van der Waals surface area contributed by atoms with E-state index in [0.29, 0.717) is 44.6 Å². The van der Waals surface area contributed by atoms with Crippen molar-refractivity contribution in [3.05, 3.63) is 485 Å². The monoisotopic (exact) mass is 2040 g/mol. The van der Waals surface area contributed by atoms with E-state index in [1.807, 2.05) is 36.4 Å². The predicted octanol–water partition coefficient (Wildman–Crippen LogP) is 35.0. The van der Waals surface area contributed by atoms with Crippen LogP contribution in [0.25, 0.3) is 174 Å². The zero-order valence-electron chi connectivity index (χ0n) is 77.7. The van der Waals surface area contributed by atoms with E-state index >= 15 is 0 Å². The number of benzene rings is 24. The van der Waals surface area contributed by atoms with Crippen molar-refractivity contribution in [2.24, 2.45) is 0 Å². The summed E-state index contributed by atoms with van der Waals surface area (Å²) in [5.41, 5.74) is 15.8. The van der Waals surface area contributed by atoms with Crippen LogP contribution >= 0.6 is 0 Å². The standard InChI is InChI=1S/2C62H37F2N4.C5H8O2.Ir/c2*63-44-33-43(34-45(64)35-44)58-38-65-59-54-29-27-48(67(46-19-3-1-4-20-46)61-50-23-11-7-15-39(50)31-40-16-8-12-24-51(40)61)36-56(54)57-37-49(28-30-55(57)60(59)66-58)68(47-21-5-2-6-22-47)62-52-25-13-9-17-41(52)32-42-18-10-14-26-53(42)62;1-4(6)3-5(2)7;/h2*1-28,30-38H;3H2,1-2H3;/q2*-1;;+3. The molecule has 0 atom stereocenters. The van der Waals surface area contributed by atoms with Gasteiger partial charge in [0.25, 0.3) is 0 Å². The maximum absolute atomic E-state index is 14.7. The van der Waals surface area contributed by atoms with Crippen molar-refractivity contribution in [1.82, 2.24) is 19.9 Å². The van der Waals surface area contributed by atoms with E-state index in [-0.39, 0.29) is 38.1 Å². The molecule has 0 aliphatic rings. The largest absolute Gasteiger partial charge is 3.00 e. The van der Waals surface area contributed by atoms with Gasteiger partial charge in [0.05, 0.1) is 51.6 Å². The smallest absolute Gasteiger partial charge is 0.351 e. The van der Waals surface area contributed by atoms with Gasteiger partial charge in [-0.3, -0.25) is 19.6 Å². The molecule has 0 radical (unpaired) electrons. The molecule has 0 amide bonds. The van der Waals surface area contributed by atoms with Gasteiger partial charge in [-0.25, -0.2) is 17.6 Å². The first-order valence-corrected chi connectivity index (χ1v) is 47.3. The normalized spacial score (nSPS) is 11.4. The van der Waals surface area contributed by atoms with Crippen molar-refractivity contribution in [2.75, 3.05) is 19.6 Å². The molecule has 15 heteroatoms. The Kier molecular flexibility index (Phi) is 23.7. The first-order valence-electron chi connectivity index (χ1n) is 47.3. The van der Waals surface area contributed by atoms with Gasteiger partial charge in [-0.05, 0) is 211 Å². The number of aromatic nitrogens is 4. The fourth-order valence-electron chi connectivity index (χ4n) is 20.7. The Morgan fingerprint density at radius 2 is 0.472 bits per heavy atom. The van der Waals surface area contributed by atoms with Crippen LogP contribution in [0, 0.1) is 35.4 Å². The second kappa shape index (κ2) is 38.0. The Morgan fingerprint density at radius 3 is 0.722 bits per heavy atom. The van der Waals surface area contributed by atoms with Gasteiger partial charge in [0.2, 0.25) is 0 Å². The van der Waals surface area contributed by atoms with Crippen LogP contribution in [0.2, 0.25) is 0 Å². The summed E-state index contributed by atoms with van der Waals surface area (Å²) in [5, 5.41) is 25.0. The number of carbonyl (C=O) groups is 2. The van der Waals surface area contributed by atoms with Crippen LogP contribution in [-0.4, -0.2) is 31.5 Å². The minimum Gasteiger partial charge on any atom is -0.351 e. The Bertz CT molecular complexity index is 8840. The first-order chi connectivity index (χ1) is 70.2. The van der Waals surface area contributed by atoms with Crippen molar-refractivity contribution in [3.63, 3.8) is 0 Å². The molecule has 0 aliphatic heterocycles. The van der Waals surface area contributed by atoms with Crippen molar-refractivity contribution >= 4 is 231 Å². The SMILES string of the molecule is CC(=O)CC(C)=O.Fc1cc(F)cc(-c2cnc3c4[c-]cc(N(c5ccccc5)c5c6ccccc6cc6ccccc56)cc4c4cc(N(c5ccccc5)c5c6ccccc6cc6ccccc56)ccc4c3n2)c1.Fc1cc(F)cc(-c2cnc3c4[c-]cc(N(c5ccccc5)c5c6ccccc6cc6ccccc56)cc4c4cc(N(c5ccccc5)c5c6ccccc6cc6ccccc56)ccc4c3n2)c1.[Ir+3]. The Labute approximate surface area is 839 Å². The molecule has 2 aromatic heterocycles. The molecule has 144 heavy (non-hydrogen) atoms. The Balaban J connectivity index is 0.000000149. The van der Waals surface area contributed by atoms with Crippen molar-refractivity contribution < 1.29 is 47.3 Å². The number of para-hydroxylation sites is 4. The topological polar surface area (TPSA) is 98.7 Å². The number of Topliss-reactive ketones (excluding diaryl/α,β-unsaturated/α-hetero) is 2. The minimum absolute atomic E-state index is 0. The van der Waals surface area contributed by atoms with Crippen LogP contribution in [0.1, 0.15) is 20.3 Å². The van der Waals surface area contributed by atoms with Gasteiger partial charge >= 0.3 is 20.1 Å². The molecule has 0 unspecified atom stereocenters. The molecular weight excluding hydrogens is 1960 g/mol. The molecule has 2 heterocycles. The number of rotatable bonds is 16. The number of nitrogens with zero attached hydrogens (tertiary/aromatic N) is 8. The summed E-state index contributed by atoms with van der Waals surface area (Å²) >= 11 is 0. The molecule has 10 nitrogen and oxygen atoms in total. The fraction of sp³-hybridized carbons (Fsp3) is 0.0233. The maximum atomic E-state index is 14.7. The van der Waals surface area contributed by atoms with E-state index < -0.39 is 23.3 Å². The maximum Gasteiger partial charge on any atom is 3.00 e. The number of anilines is 12. The molecule has 686 valence electrons. The Morgan fingerprint density at radius 1 is 0.236 bits per heavy atom. The summed E-state index contributed by atoms with van der Waals surface area (Å²) in [4.78, 5) is 49.8. The van der Waals surface area contributed by atoms with Gasteiger partial charge in [0, 0.05) is 124 Å². The third-order valence-electron chi connectivity index (χ3n) is 26.7. The van der Waals surface area contributed by atoms with E-state index in [1.54, 1.807) is 12.4 Å². The number of fused-ring (bicyclic) bond motifs is 20. The molecule has 0 aliphatic carbocycles. The predicted molar refractivity (Wildman–Crippen MR) is 582 cm³/mol. The first kappa shape index (κ1) is 89.9. The molecule has 0 bridgehead atoms. The second-order valence-electron chi connectivity index (χ2n) is 35.9. The van der Waals surface area contributed by atoms with Crippen LogP contribution < -0.4 is 19.6 Å². The van der Waals surface area contributed by atoms with Crippen LogP contribution in [-0.2, 0) is 29.7 Å². The molecule has 0 fully saturated rings. The van der Waals surface area contributed by atoms with Crippen molar-refractivity contribution in [2.45, 2.75) is 20.3 Å². The van der Waals surface area contributed by atoms with Gasteiger partial charge in [-0.2, -0.15) is 0 Å². The molecule has 0 spiro atoms. The third-order valence-corrected chi connectivity index (χ3v) is 26.7. The summed E-state index contributed by atoms with van der Waals surface area (Å²) in [6.45, 7) is 2.81. The molecule has 26 rings (SSSR count). The van der Waals surface area contributed by atoms with E-state index in [4.69, 9.17) is 19.9 Å². The summed E-state index contributed by atoms with van der Waals surface area (Å²) in [5.74, 6) is -2.85. The van der Waals surface area contributed by atoms with Gasteiger partial charge in [0.1, 0.15) is 34.8 Å². The molecule has 0 saturated heterocycles. The van der Waals surface area contributed by atoms with E-state index in [9.17, 15) is 27.2 Å². The number of hydrogen-bond donors (Lipinski definition) is 0. The quantitative estimate of drug-likeness (QED) is 0.0306. The summed E-state index contributed by atoms with van der Waals surface area (Å²) in [6, 6.07) is 155. The molecule has 0 N–H and O–H groups in total. The summed E-state index contributed by atoms with van der Waals surface area (Å²) in [6.07, 6.45) is 3.28. The summed E-state index contributed by atoms with van der Waals surface area (Å²) in [7, 11) is 0. The Hall–Kier alpha value is -18.0. The zero-order chi connectivity index (χ0) is 96.5. The van der Waals surface area contributed by atoms with Crippen LogP contribution in [0.3, 0.4) is 0 Å². The summed E-state index contributed by atoms with van der Waals surface area (Å²) < 4.78 is 58.8. The number of ketones is 2. The molecule has 26 aromatic rings. The zero-order valence-corrected chi connectivity index (χ0v) is 80.1. The minimum atomic E-state index is -0.681. The average Bonchev–Trinajstić information content (AvgIpc) is 0.720. The van der Waals surface area contributed by atoms with Crippen molar-refractivity contribution in [3.8, 4) is 22.5 Å². The van der Waals surface area contributed by atoms with E-state index in [2.05, 4.69) is 396 Å². The number of carbonyl (C=O) groups excluding carboxylic acids is 2. The molecular formula is C129H82F4IrN8O2+. The fourth-order valence-corrected chi connectivity index (χ4v) is 20.7. The van der Waals surface area contributed by atoms with Gasteiger partial charge in [-0.1, -0.05) is 290 Å². The second-order valence-corrected chi connectivity index (χ2v) is 35.9. The third kappa shape index (κ3) is 16.6. The number of hydrogen-bond acceptors (Lipinski definition) is 10. The van der Waals surface area contributed by atoms with Crippen LogP contribution in [0.5, 0.6) is 0 Å². The van der Waals surface area contributed by atoms with Crippen LogP contribution in [0.15, 0.2) is 449 Å². The van der Waals surface area contributed by atoms with Crippen molar-refractivity contribution in [1.29, 1.82) is 0 Å². The van der Waals surface area contributed by atoms with Crippen LogP contribution in [0.4, 0.5) is 85.8 Å². The van der Waals surface area contributed by atoms with E-state index in [1.165, 1.54) is 38.1 Å². The molecule has 24 aromatic carbocycles. The van der Waals surface area contributed by atoms with Gasteiger partial charge in [0.15, 0.2) is 0 Å². The van der Waals surface area contributed by atoms with Gasteiger partial charge in [-0.15, -0.1) is 47.2 Å². The van der Waals surface area contributed by atoms with E-state index in [0.717, 1.165) is 210 Å². The number of halogens is 4. The molecule has 0 saturated carbocycles.